The second-order valence-electron chi connectivity index (χ2n) is 5.35. The molecular weight excluding hydrogens is 266 g/mol. The third kappa shape index (κ3) is 3.81. The molecule has 0 saturated carbocycles. The number of benzene rings is 1. The normalized spacial score (nSPS) is 20.0. The largest absolute Gasteiger partial charge is 0.392 e. The van der Waals surface area contributed by atoms with Crippen molar-refractivity contribution in [2.45, 2.75) is 31.9 Å². The van der Waals surface area contributed by atoms with E-state index in [0.717, 1.165) is 12.2 Å². The van der Waals surface area contributed by atoms with Crippen LogP contribution in [-0.4, -0.2) is 47.7 Å². The maximum Gasteiger partial charge on any atom is 0.244 e. The molecule has 0 bridgehead atoms. The lowest BCUT2D eigenvalue weighted by Crippen LogP contribution is -2.47. The number of hydrogen-bond donors (Lipinski definition) is 1. The number of aliphatic hydroxyl groups excluding tert-OH is 1. The fourth-order valence-electron chi connectivity index (χ4n) is 2.64. The predicted octanol–water partition coefficient (Wildman–Crippen LogP) is 1.39. The molecule has 1 aromatic rings. The highest BCUT2D eigenvalue weighted by atomic mass is 16.3. The first-order valence-electron chi connectivity index (χ1n) is 7.29. The SMILES string of the molecule is CC(C(=O)N(CCC#N)c1ccccc1)N1CC[C@@H](O)C1. The van der Waals surface area contributed by atoms with Gasteiger partial charge < -0.3 is 10.0 Å². The van der Waals surface area contributed by atoms with Crippen molar-refractivity contribution in [3.05, 3.63) is 30.3 Å². The van der Waals surface area contributed by atoms with Gasteiger partial charge in [-0.3, -0.25) is 9.69 Å². The fourth-order valence-corrected chi connectivity index (χ4v) is 2.64. The van der Waals surface area contributed by atoms with Crippen molar-refractivity contribution in [2.75, 3.05) is 24.5 Å². The summed E-state index contributed by atoms with van der Waals surface area (Å²) in [4.78, 5) is 16.4. The molecule has 0 aliphatic carbocycles. The number of rotatable bonds is 5. The molecule has 1 aromatic carbocycles. The number of para-hydroxylation sites is 1. The van der Waals surface area contributed by atoms with Crippen molar-refractivity contribution >= 4 is 11.6 Å². The standard InChI is InChI=1S/C16H21N3O2/c1-13(18-11-8-15(20)12-18)16(21)19(10-5-9-17)14-6-3-2-4-7-14/h2-4,6-7,13,15,20H,5,8,10-12H2,1H3/t13?,15-/m1/s1. The molecule has 2 atom stereocenters. The minimum atomic E-state index is -0.343. The smallest absolute Gasteiger partial charge is 0.244 e. The van der Waals surface area contributed by atoms with Crippen LogP contribution in [0.15, 0.2) is 30.3 Å². The molecule has 0 aromatic heterocycles. The average Bonchev–Trinajstić information content (AvgIpc) is 2.94. The Morgan fingerprint density at radius 1 is 1.52 bits per heavy atom. The molecule has 112 valence electrons. The summed E-state index contributed by atoms with van der Waals surface area (Å²) in [5.74, 6) is -0.0226. The van der Waals surface area contributed by atoms with E-state index in [1.165, 1.54) is 0 Å². The highest BCUT2D eigenvalue weighted by Gasteiger charge is 2.31. The number of nitriles is 1. The number of hydrogen-bond acceptors (Lipinski definition) is 4. The highest BCUT2D eigenvalue weighted by Crippen LogP contribution is 2.19. The van der Waals surface area contributed by atoms with E-state index in [0.29, 0.717) is 25.9 Å². The monoisotopic (exact) mass is 287 g/mol. The molecule has 21 heavy (non-hydrogen) atoms. The lowest BCUT2D eigenvalue weighted by molar-refractivity contribution is -0.123. The van der Waals surface area contributed by atoms with Crippen LogP contribution in [0.4, 0.5) is 5.69 Å². The molecule has 1 fully saturated rings. The van der Waals surface area contributed by atoms with E-state index in [1.54, 1.807) is 4.90 Å². The molecular formula is C16H21N3O2. The van der Waals surface area contributed by atoms with Gasteiger partial charge in [-0.2, -0.15) is 5.26 Å². The van der Waals surface area contributed by atoms with E-state index in [-0.39, 0.29) is 18.1 Å². The number of anilines is 1. The van der Waals surface area contributed by atoms with Gasteiger partial charge >= 0.3 is 0 Å². The molecule has 1 saturated heterocycles. The van der Waals surface area contributed by atoms with Crippen LogP contribution in [0, 0.1) is 11.3 Å². The minimum Gasteiger partial charge on any atom is -0.392 e. The van der Waals surface area contributed by atoms with E-state index in [2.05, 4.69) is 6.07 Å². The molecule has 1 aliphatic heterocycles. The van der Waals surface area contributed by atoms with Crippen molar-refractivity contribution < 1.29 is 9.90 Å². The lowest BCUT2D eigenvalue weighted by Gasteiger charge is -2.30. The van der Waals surface area contributed by atoms with Crippen LogP contribution in [0.25, 0.3) is 0 Å². The Hall–Kier alpha value is -1.90. The van der Waals surface area contributed by atoms with Crippen molar-refractivity contribution in [2.24, 2.45) is 0 Å². The summed E-state index contributed by atoms with van der Waals surface area (Å²) in [6.45, 7) is 3.52. The zero-order valence-electron chi connectivity index (χ0n) is 12.3. The minimum absolute atomic E-state index is 0.0226. The van der Waals surface area contributed by atoms with Gasteiger partial charge in [0.1, 0.15) is 0 Å². The van der Waals surface area contributed by atoms with Gasteiger partial charge in [0.25, 0.3) is 0 Å². The molecule has 5 heteroatoms. The molecule has 0 spiro atoms. The van der Waals surface area contributed by atoms with Gasteiger partial charge in [0.05, 0.1) is 24.6 Å². The van der Waals surface area contributed by atoms with Crippen molar-refractivity contribution in [1.29, 1.82) is 5.26 Å². The van der Waals surface area contributed by atoms with Gasteiger partial charge in [-0.25, -0.2) is 0 Å². The zero-order valence-corrected chi connectivity index (χ0v) is 12.3. The van der Waals surface area contributed by atoms with E-state index in [1.807, 2.05) is 42.2 Å². The third-order valence-electron chi connectivity index (χ3n) is 3.88. The topological polar surface area (TPSA) is 67.6 Å². The Morgan fingerprint density at radius 3 is 2.81 bits per heavy atom. The van der Waals surface area contributed by atoms with Gasteiger partial charge in [0.2, 0.25) is 5.91 Å². The molecule has 1 heterocycles. The second-order valence-corrected chi connectivity index (χ2v) is 5.35. The first-order valence-corrected chi connectivity index (χ1v) is 7.29. The molecule has 1 N–H and O–H groups in total. The first-order chi connectivity index (χ1) is 10.1. The van der Waals surface area contributed by atoms with Crippen molar-refractivity contribution in [3.63, 3.8) is 0 Å². The number of amides is 1. The number of carbonyl (C=O) groups is 1. The Morgan fingerprint density at radius 2 is 2.24 bits per heavy atom. The predicted molar refractivity (Wildman–Crippen MR) is 80.7 cm³/mol. The van der Waals surface area contributed by atoms with Gasteiger partial charge in [0.15, 0.2) is 0 Å². The van der Waals surface area contributed by atoms with E-state index in [4.69, 9.17) is 5.26 Å². The van der Waals surface area contributed by atoms with Gasteiger partial charge in [-0.15, -0.1) is 0 Å². The van der Waals surface area contributed by atoms with Crippen LogP contribution in [-0.2, 0) is 4.79 Å². The Kier molecular flexibility index (Phi) is 5.32. The maximum absolute atomic E-state index is 12.7. The van der Waals surface area contributed by atoms with E-state index < -0.39 is 0 Å². The third-order valence-corrected chi connectivity index (χ3v) is 3.88. The van der Waals surface area contributed by atoms with E-state index in [9.17, 15) is 9.90 Å². The fraction of sp³-hybridized carbons (Fsp3) is 0.500. The van der Waals surface area contributed by atoms with Crippen LogP contribution in [0.2, 0.25) is 0 Å². The van der Waals surface area contributed by atoms with Crippen molar-refractivity contribution in [1.82, 2.24) is 4.90 Å². The molecule has 1 amide bonds. The van der Waals surface area contributed by atoms with Crippen LogP contribution in [0.1, 0.15) is 19.8 Å². The number of aliphatic hydroxyl groups is 1. The zero-order chi connectivity index (χ0) is 15.2. The molecule has 2 rings (SSSR count). The van der Waals surface area contributed by atoms with Gasteiger partial charge in [0, 0.05) is 25.3 Å². The van der Waals surface area contributed by atoms with Crippen molar-refractivity contribution in [3.8, 4) is 6.07 Å². The lowest BCUT2D eigenvalue weighted by atomic mass is 10.2. The molecule has 0 radical (unpaired) electrons. The van der Waals surface area contributed by atoms with Crippen LogP contribution >= 0.6 is 0 Å². The molecule has 5 nitrogen and oxygen atoms in total. The Bertz CT molecular complexity index is 512. The quantitative estimate of drug-likeness (QED) is 0.888. The summed E-state index contributed by atoms with van der Waals surface area (Å²) in [6.07, 6.45) is 0.668. The maximum atomic E-state index is 12.7. The number of nitrogens with zero attached hydrogens (tertiary/aromatic N) is 3. The van der Waals surface area contributed by atoms with Gasteiger partial charge in [-0.1, -0.05) is 18.2 Å². The van der Waals surface area contributed by atoms with Gasteiger partial charge in [-0.05, 0) is 25.5 Å². The summed E-state index contributed by atoms with van der Waals surface area (Å²) in [6, 6.07) is 11.2. The summed E-state index contributed by atoms with van der Waals surface area (Å²) in [5, 5.41) is 18.4. The van der Waals surface area contributed by atoms with Crippen LogP contribution in [0.5, 0.6) is 0 Å². The van der Waals surface area contributed by atoms with E-state index >= 15 is 0 Å². The number of carbonyl (C=O) groups excluding carboxylic acids is 1. The Labute approximate surface area is 125 Å². The van der Waals surface area contributed by atoms with Crippen LogP contribution in [0.3, 0.4) is 0 Å². The second kappa shape index (κ2) is 7.21. The number of likely N-dealkylation sites (tertiary alicyclic amines) is 1. The number of β-amino-alcohol motifs (C(OH)–C–C–N with tert-alkyl or cyclic N) is 1. The highest BCUT2D eigenvalue weighted by molar-refractivity contribution is 5.97. The summed E-state index contributed by atoms with van der Waals surface area (Å²) < 4.78 is 0. The average molecular weight is 287 g/mol. The van der Waals surface area contributed by atoms with Crippen LogP contribution < -0.4 is 4.90 Å². The first kappa shape index (κ1) is 15.5. The molecule has 1 unspecified atom stereocenters. The summed E-state index contributed by atoms with van der Waals surface area (Å²) in [5.41, 5.74) is 0.810. The summed E-state index contributed by atoms with van der Waals surface area (Å²) in [7, 11) is 0. The summed E-state index contributed by atoms with van der Waals surface area (Å²) >= 11 is 0. The molecule has 1 aliphatic rings. The Balaban J connectivity index is 2.12.